The fourth-order valence-corrected chi connectivity index (χ4v) is 1.82. The van der Waals surface area contributed by atoms with Crippen molar-refractivity contribution in [1.29, 1.82) is 0 Å². The van der Waals surface area contributed by atoms with E-state index >= 15 is 0 Å². The van der Waals surface area contributed by atoms with Crippen LogP contribution in [0.25, 0.3) is 0 Å². The highest BCUT2D eigenvalue weighted by Gasteiger charge is 2.21. The number of Topliss-reactive ketones (excluding diaryl/α,β-unsaturated/α-hetero) is 1. The summed E-state index contributed by atoms with van der Waals surface area (Å²) in [6, 6.07) is 5.16. The topological polar surface area (TPSA) is 61.6 Å². The molecule has 0 amide bonds. The number of hydrogen-bond donors (Lipinski definition) is 1. The number of fused-ring (bicyclic) bond motifs is 1. The minimum absolute atomic E-state index is 0.0423. The van der Waals surface area contributed by atoms with Crippen LogP contribution >= 0.6 is 0 Å². The molecule has 4 heteroatoms. The minimum atomic E-state index is -0.199. The van der Waals surface area contributed by atoms with E-state index < -0.39 is 0 Å². The number of rotatable bonds is 3. The van der Waals surface area contributed by atoms with Crippen molar-refractivity contribution in [2.45, 2.75) is 26.3 Å². The van der Waals surface area contributed by atoms with Crippen LogP contribution in [-0.2, 0) is 0 Å². The molecule has 0 bridgehead atoms. The smallest absolute Gasteiger partial charge is 0.167 e. The van der Waals surface area contributed by atoms with Gasteiger partial charge in [0.25, 0.3) is 0 Å². The first-order chi connectivity index (χ1) is 8.59. The lowest BCUT2D eigenvalue weighted by Gasteiger charge is -2.15. The Hall–Kier alpha value is -1.55. The Morgan fingerprint density at radius 1 is 1.22 bits per heavy atom. The molecule has 0 spiro atoms. The van der Waals surface area contributed by atoms with E-state index in [2.05, 4.69) is 0 Å². The molecule has 0 saturated carbocycles. The molecule has 2 unspecified atom stereocenters. The van der Waals surface area contributed by atoms with E-state index in [0.29, 0.717) is 30.3 Å². The van der Waals surface area contributed by atoms with Gasteiger partial charge in [0.15, 0.2) is 17.3 Å². The molecule has 0 radical (unpaired) electrons. The van der Waals surface area contributed by atoms with Crippen LogP contribution in [0.5, 0.6) is 11.5 Å². The SMILES string of the molecule is CC(N)C(C)C(=O)c1ccc2c(c1)OCCCO2. The molecule has 1 aromatic carbocycles. The fraction of sp³-hybridized carbons (Fsp3) is 0.500. The monoisotopic (exact) mass is 249 g/mol. The molecule has 1 aliphatic rings. The lowest BCUT2D eigenvalue weighted by molar-refractivity contribution is 0.0916. The summed E-state index contributed by atoms with van der Waals surface area (Å²) < 4.78 is 11.1. The number of benzene rings is 1. The number of carbonyl (C=O) groups excluding carboxylic acids is 1. The van der Waals surface area contributed by atoms with E-state index in [-0.39, 0.29) is 17.7 Å². The Morgan fingerprint density at radius 2 is 1.89 bits per heavy atom. The van der Waals surface area contributed by atoms with Gasteiger partial charge in [-0.05, 0) is 25.1 Å². The average molecular weight is 249 g/mol. The maximum Gasteiger partial charge on any atom is 0.167 e. The predicted octanol–water partition coefficient (Wildman–Crippen LogP) is 2.01. The van der Waals surface area contributed by atoms with Crippen LogP contribution in [0, 0.1) is 5.92 Å². The summed E-state index contributed by atoms with van der Waals surface area (Å²) in [4.78, 5) is 12.2. The van der Waals surface area contributed by atoms with Crippen molar-refractivity contribution in [3.05, 3.63) is 23.8 Å². The van der Waals surface area contributed by atoms with E-state index in [1.54, 1.807) is 18.2 Å². The van der Waals surface area contributed by atoms with E-state index in [1.165, 1.54) is 0 Å². The van der Waals surface area contributed by atoms with Crippen LogP contribution in [0.3, 0.4) is 0 Å². The number of ether oxygens (including phenoxy) is 2. The first-order valence-electron chi connectivity index (χ1n) is 6.29. The van der Waals surface area contributed by atoms with Crippen molar-refractivity contribution in [2.24, 2.45) is 11.7 Å². The molecule has 0 aromatic heterocycles. The molecule has 0 fully saturated rings. The lowest BCUT2D eigenvalue weighted by Crippen LogP contribution is -2.30. The van der Waals surface area contributed by atoms with Gasteiger partial charge in [0, 0.05) is 23.9 Å². The normalized spacial score (nSPS) is 17.7. The van der Waals surface area contributed by atoms with Crippen molar-refractivity contribution < 1.29 is 14.3 Å². The molecular formula is C14H19NO3. The third-order valence-corrected chi connectivity index (χ3v) is 3.23. The van der Waals surface area contributed by atoms with Gasteiger partial charge >= 0.3 is 0 Å². The third kappa shape index (κ3) is 2.64. The van der Waals surface area contributed by atoms with Crippen LogP contribution in [0.1, 0.15) is 30.6 Å². The van der Waals surface area contributed by atoms with Gasteiger partial charge in [0.1, 0.15) is 0 Å². The molecule has 4 nitrogen and oxygen atoms in total. The lowest BCUT2D eigenvalue weighted by atomic mass is 9.94. The number of nitrogens with two attached hydrogens (primary N) is 1. The number of hydrogen-bond acceptors (Lipinski definition) is 4. The van der Waals surface area contributed by atoms with Gasteiger partial charge in [-0.15, -0.1) is 0 Å². The van der Waals surface area contributed by atoms with Crippen LogP contribution in [-0.4, -0.2) is 25.0 Å². The second-order valence-corrected chi connectivity index (χ2v) is 4.72. The van der Waals surface area contributed by atoms with E-state index in [9.17, 15) is 4.79 Å². The van der Waals surface area contributed by atoms with Crippen molar-refractivity contribution >= 4 is 5.78 Å². The summed E-state index contributed by atoms with van der Waals surface area (Å²) in [5.74, 6) is 1.20. The van der Waals surface area contributed by atoms with Gasteiger partial charge in [-0.2, -0.15) is 0 Å². The van der Waals surface area contributed by atoms with Crippen LogP contribution in [0.2, 0.25) is 0 Å². The number of carbonyl (C=O) groups is 1. The summed E-state index contributed by atoms with van der Waals surface area (Å²) >= 11 is 0. The quantitative estimate of drug-likeness (QED) is 0.832. The fourth-order valence-electron chi connectivity index (χ4n) is 1.82. The standard InChI is InChI=1S/C14H19NO3/c1-9(10(2)15)14(16)11-4-5-12-13(8-11)18-7-3-6-17-12/h4-5,8-10H,3,6-7,15H2,1-2H3. The van der Waals surface area contributed by atoms with E-state index in [1.807, 2.05) is 13.8 Å². The molecule has 1 aliphatic heterocycles. The Balaban J connectivity index is 2.25. The average Bonchev–Trinajstić information content (AvgIpc) is 2.60. The maximum atomic E-state index is 12.2. The molecule has 1 heterocycles. The maximum absolute atomic E-state index is 12.2. The predicted molar refractivity (Wildman–Crippen MR) is 69.2 cm³/mol. The van der Waals surface area contributed by atoms with Crippen LogP contribution in [0.15, 0.2) is 18.2 Å². The zero-order valence-electron chi connectivity index (χ0n) is 10.8. The van der Waals surface area contributed by atoms with Gasteiger partial charge in [0.05, 0.1) is 13.2 Å². The summed E-state index contributed by atoms with van der Waals surface area (Å²) in [7, 11) is 0. The molecule has 18 heavy (non-hydrogen) atoms. The second-order valence-electron chi connectivity index (χ2n) is 4.72. The zero-order chi connectivity index (χ0) is 13.1. The summed E-state index contributed by atoms with van der Waals surface area (Å²) in [6.07, 6.45) is 0.855. The largest absolute Gasteiger partial charge is 0.490 e. The minimum Gasteiger partial charge on any atom is -0.490 e. The molecule has 1 aromatic rings. The molecular weight excluding hydrogens is 230 g/mol. The zero-order valence-corrected chi connectivity index (χ0v) is 10.8. The van der Waals surface area contributed by atoms with Gasteiger partial charge in [-0.25, -0.2) is 0 Å². The third-order valence-electron chi connectivity index (χ3n) is 3.23. The first kappa shape index (κ1) is 12.9. The summed E-state index contributed by atoms with van der Waals surface area (Å²) in [6.45, 7) is 4.95. The molecule has 98 valence electrons. The molecule has 2 atom stereocenters. The Labute approximate surface area is 107 Å². The molecule has 0 saturated heterocycles. The molecule has 2 rings (SSSR count). The Bertz CT molecular complexity index is 443. The van der Waals surface area contributed by atoms with Crippen molar-refractivity contribution in [3.8, 4) is 11.5 Å². The van der Waals surface area contributed by atoms with Gasteiger partial charge in [-0.1, -0.05) is 6.92 Å². The summed E-state index contributed by atoms with van der Waals surface area (Å²) in [5, 5.41) is 0. The van der Waals surface area contributed by atoms with Gasteiger partial charge < -0.3 is 15.2 Å². The first-order valence-corrected chi connectivity index (χ1v) is 6.29. The van der Waals surface area contributed by atoms with E-state index in [0.717, 1.165) is 6.42 Å². The van der Waals surface area contributed by atoms with Crippen LogP contribution < -0.4 is 15.2 Å². The Morgan fingerprint density at radius 3 is 2.56 bits per heavy atom. The van der Waals surface area contributed by atoms with Crippen LogP contribution in [0.4, 0.5) is 0 Å². The molecule has 2 N–H and O–H groups in total. The second kappa shape index (κ2) is 5.40. The summed E-state index contributed by atoms with van der Waals surface area (Å²) in [5.41, 5.74) is 6.39. The highest BCUT2D eigenvalue weighted by Crippen LogP contribution is 2.31. The molecule has 0 aliphatic carbocycles. The van der Waals surface area contributed by atoms with Crippen molar-refractivity contribution in [1.82, 2.24) is 0 Å². The van der Waals surface area contributed by atoms with Crippen molar-refractivity contribution in [2.75, 3.05) is 13.2 Å². The number of ketones is 1. The highest BCUT2D eigenvalue weighted by atomic mass is 16.5. The van der Waals surface area contributed by atoms with Gasteiger partial charge in [-0.3, -0.25) is 4.79 Å². The Kier molecular flexibility index (Phi) is 3.87. The van der Waals surface area contributed by atoms with Gasteiger partial charge in [0.2, 0.25) is 0 Å². The highest BCUT2D eigenvalue weighted by molar-refractivity contribution is 5.98. The van der Waals surface area contributed by atoms with Crippen molar-refractivity contribution in [3.63, 3.8) is 0 Å². The van der Waals surface area contributed by atoms with E-state index in [4.69, 9.17) is 15.2 Å².